The van der Waals surface area contributed by atoms with E-state index in [1.807, 2.05) is 29.8 Å². The first-order valence-electron chi connectivity index (χ1n) is 7.39. The Morgan fingerprint density at radius 3 is 2.81 bits per heavy atom. The molecular formula is C15H21N5O. The van der Waals surface area contributed by atoms with Crippen molar-refractivity contribution in [2.75, 3.05) is 18.9 Å². The van der Waals surface area contributed by atoms with Crippen molar-refractivity contribution in [3.63, 3.8) is 0 Å². The van der Waals surface area contributed by atoms with Gasteiger partial charge in [0.15, 0.2) is 5.82 Å². The zero-order valence-electron chi connectivity index (χ0n) is 12.5. The molecule has 2 N–H and O–H groups in total. The van der Waals surface area contributed by atoms with Crippen molar-refractivity contribution in [1.29, 1.82) is 0 Å². The quantitative estimate of drug-likeness (QED) is 0.876. The van der Waals surface area contributed by atoms with Crippen LogP contribution in [0.4, 0.5) is 5.69 Å². The van der Waals surface area contributed by atoms with E-state index in [2.05, 4.69) is 22.4 Å². The van der Waals surface area contributed by atoms with E-state index in [-0.39, 0.29) is 6.04 Å². The van der Waals surface area contributed by atoms with Gasteiger partial charge in [-0.2, -0.15) is 0 Å². The van der Waals surface area contributed by atoms with E-state index in [1.165, 1.54) is 0 Å². The van der Waals surface area contributed by atoms with Gasteiger partial charge in [-0.1, -0.05) is 12.1 Å². The summed E-state index contributed by atoms with van der Waals surface area (Å²) in [4.78, 5) is 0. The summed E-state index contributed by atoms with van der Waals surface area (Å²) in [6.45, 7) is 5.84. The van der Waals surface area contributed by atoms with Crippen molar-refractivity contribution in [3.05, 3.63) is 23.8 Å². The average molecular weight is 287 g/mol. The molecule has 1 aliphatic heterocycles. The number of aryl methyl sites for hydroxylation is 1. The summed E-state index contributed by atoms with van der Waals surface area (Å²) in [6, 6.07) is 6.10. The van der Waals surface area contributed by atoms with Gasteiger partial charge >= 0.3 is 0 Å². The number of hydrogen-bond donors (Lipinski definition) is 1. The second-order valence-corrected chi connectivity index (χ2v) is 5.68. The van der Waals surface area contributed by atoms with Crippen LogP contribution in [-0.4, -0.2) is 33.4 Å². The minimum atomic E-state index is 0.234. The van der Waals surface area contributed by atoms with E-state index in [1.54, 1.807) is 0 Å². The number of nitrogen functional groups attached to an aromatic ring is 1. The fourth-order valence-electron chi connectivity index (χ4n) is 3.03. The molecule has 6 heteroatoms. The summed E-state index contributed by atoms with van der Waals surface area (Å²) in [7, 11) is 0. The van der Waals surface area contributed by atoms with Crippen LogP contribution in [0.1, 0.15) is 31.4 Å². The summed E-state index contributed by atoms with van der Waals surface area (Å²) in [5, 5.41) is 12.3. The Hall–Kier alpha value is -1.95. The number of anilines is 1. The second-order valence-electron chi connectivity index (χ2n) is 5.68. The summed E-state index contributed by atoms with van der Waals surface area (Å²) in [6.07, 6.45) is 2.09. The molecule has 1 unspecified atom stereocenters. The fourth-order valence-corrected chi connectivity index (χ4v) is 3.03. The number of tetrazole rings is 1. The normalized spacial score (nSPS) is 17.8. The zero-order valence-corrected chi connectivity index (χ0v) is 12.5. The van der Waals surface area contributed by atoms with Gasteiger partial charge in [0.2, 0.25) is 0 Å². The van der Waals surface area contributed by atoms with Gasteiger partial charge in [0.25, 0.3) is 0 Å². The van der Waals surface area contributed by atoms with Crippen LogP contribution >= 0.6 is 0 Å². The maximum absolute atomic E-state index is 6.13. The van der Waals surface area contributed by atoms with Gasteiger partial charge in [0.1, 0.15) is 0 Å². The number of nitrogens with zero attached hydrogens (tertiary/aromatic N) is 4. The first-order chi connectivity index (χ1) is 10.2. The number of rotatable bonds is 3. The lowest BCUT2D eigenvalue weighted by atomic mass is 9.92. The van der Waals surface area contributed by atoms with E-state index in [0.29, 0.717) is 11.6 Å². The standard InChI is InChI=1S/C15H21N5O/c1-10-4-3-5-13(16)14(10)15-17-18-19-20(15)11(2)12-6-8-21-9-7-12/h3-5,11-12H,6-9,16H2,1-2H3. The molecule has 6 nitrogen and oxygen atoms in total. The van der Waals surface area contributed by atoms with E-state index in [9.17, 15) is 0 Å². The molecule has 1 fully saturated rings. The molecule has 1 aromatic heterocycles. The molecule has 0 amide bonds. The lowest BCUT2D eigenvalue weighted by Crippen LogP contribution is -2.25. The van der Waals surface area contributed by atoms with E-state index < -0.39 is 0 Å². The fraction of sp³-hybridized carbons (Fsp3) is 0.533. The maximum Gasteiger partial charge on any atom is 0.184 e. The molecule has 0 saturated carbocycles. The van der Waals surface area contributed by atoms with Crippen LogP contribution in [0.3, 0.4) is 0 Å². The number of hydrogen-bond acceptors (Lipinski definition) is 5. The topological polar surface area (TPSA) is 78.9 Å². The van der Waals surface area contributed by atoms with E-state index >= 15 is 0 Å². The Labute approximate surface area is 124 Å². The number of nitrogens with two attached hydrogens (primary N) is 1. The average Bonchev–Trinajstić information content (AvgIpc) is 2.96. The van der Waals surface area contributed by atoms with Crippen LogP contribution in [0.5, 0.6) is 0 Å². The molecule has 1 atom stereocenters. The third-order valence-electron chi connectivity index (χ3n) is 4.36. The molecule has 1 aromatic carbocycles. The van der Waals surface area contributed by atoms with Crippen LogP contribution in [0.25, 0.3) is 11.4 Å². The minimum absolute atomic E-state index is 0.234. The van der Waals surface area contributed by atoms with Crippen LogP contribution in [0.15, 0.2) is 18.2 Å². The zero-order chi connectivity index (χ0) is 14.8. The van der Waals surface area contributed by atoms with Gasteiger partial charge in [-0.05, 0) is 54.7 Å². The molecule has 21 heavy (non-hydrogen) atoms. The molecule has 2 aromatic rings. The van der Waals surface area contributed by atoms with Crippen molar-refractivity contribution >= 4 is 5.69 Å². The first kappa shape index (κ1) is 14.0. The first-order valence-corrected chi connectivity index (χ1v) is 7.39. The molecule has 2 heterocycles. The van der Waals surface area contributed by atoms with Gasteiger partial charge in [-0.3, -0.25) is 0 Å². The highest BCUT2D eigenvalue weighted by molar-refractivity contribution is 5.74. The number of ether oxygens (including phenoxy) is 1. The summed E-state index contributed by atoms with van der Waals surface area (Å²) in [5.74, 6) is 1.29. The molecule has 1 saturated heterocycles. The van der Waals surface area contributed by atoms with Crippen molar-refractivity contribution in [3.8, 4) is 11.4 Å². The van der Waals surface area contributed by atoms with Crippen LogP contribution < -0.4 is 5.73 Å². The van der Waals surface area contributed by atoms with Crippen LogP contribution in [-0.2, 0) is 4.74 Å². The Morgan fingerprint density at radius 2 is 2.10 bits per heavy atom. The Balaban J connectivity index is 1.97. The van der Waals surface area contributed by atoms with Crippen LogP contribution in [0.2, 0.25) is 0 Å². The van der Waals surface area contributed by atoms with Crippen molar-refractivity contribution in [1.82, 2.24) is 20.2 Å². The smallest absolute Gasteiger partial charge is 0.184 e. The van der Waals surface area contributed by atoms with Gasteiger partial charge in [-0.25, -0.2) is 4.68 Å². The largest absolute Gasteiger partial charge is 0.398 e. The summed E-state index contributed by atoms with van der Waals surface area (Å²) >= 11 is 0. The highest BCUT2D eigenvalue weighted by Crippen LogP contribution is 2.33. The maximum atomic E-state index is 6.13. The molecule has 112 valence electrons. The Kier molecular flexibility index (Phi) is 3.88. The second kappa shape index (κ2) is 5.81. The third kappa shape index (κ3) is 2.63. The van der Waals surface area contributed by atoms with Gasteiger partial charge in [0, 0.05) is 24.5 Å². The lowest BCUT2D eigenvalue weighted by Gasteiger charge is -2.28. The van der Waals surface area contributed by atoms with Crippen molar-refractivity contribution in [2.24, 2.45) is 5.92 Å². The highest BCUT2D eigenvalue weighted by Gasteiger charge is 2.26. The predicted octanol–water partition coefficient (Wildman–Crippen LogP) is 2.22. The van der Waals surface area contributed by atoms with Gasteiger partial charge in [0.05, 0.1) is 6.04 Å². The lowest BCUT2D eigenvalue weighted by molar-refractivity contribution is 0.0495. The SMILES string of the molecule is Cc1cccc(N)c1-c1nnnn1C(C)C1CCOCC1. The Morgan fingerprint density at radius 1 is 1.33 bits per heavy atom. The Bertz CT molecular complexity index is 598. The molecule has 0 spiro atoms. The van der Waals surface area contributed by atoms with Gasteiger partial charge < -0.3 is 10.5 Å². The van der Waals surface area contributed by atoms with Crippen LogP contribution in [0, 0.1) is 12.8 Å². The highest BCUT2D eigenvalue weighted by atomic mass is 16.5. The third-order valence-corrected chi connectivity index (χ3v) is 4.36. The summed E-state index contributed by atoms with van der Waals surface area (Å²) < 4.78 is 7.35. The molecule has 0 aliphatic carbocycles. The molecule has 1 aliphatic rings. The molecular weight excluding hydrogens is 266 g/mol. The minimum Gasteiger partial charge on any atom is -0.398 e. The van der Waals surface area contributed by atoms with Crippen molar-refractivity contribution in [2.45, 2.75) is 32.7 Å². The summed E-state index contributed by atoms with van der Waals surface area (Å²) in [5.41, 5.74) is 8.86. The molecule has 0 bridgehead atoms. The van der Waals surface area contributed by atoms with E-state index in [4.69, 9.17) is 10.5 Å². The monoisotopic (exact) mass is 287 g/mol. The molecule has 0 radical (unpaired) electrons. The predicted molar refractivity (Wildman–Crippen MR) is 80.7 cm³/mol. The molecule has 3 rings (SSSR count). The van der Waals surface area contributed by atoms with Crippen molar-refractivity contribution < 1.29 is 4.74 Å². The van der Waals surface area contributed by atoms with E-state index in [0.717, 1.165) is 43.0 Å². The number of aromatic nitrogens is 4. The number of benzene rings is 1. The van der Waals surface area contributed by atoms with Gasteiger partial charge in [-0.15, -0.1) is 5.10 Å².